The molecule has 0 amide bonds. The van der Waals surface area contributed by atoms with E-state index >= 15 is 0 Å². The molecule has 0 aliphatic carbocycles. The molecule has 1 aliphatic rings. The summed E-state index contributed by atoms with van der Waals surface area (Å²) in [5.41, 5.74) is 0.774. The zero-order chi connectivity index (χ0) is 14.1. The highest BCUT2D eigenvalue weighted by Gasteiger charge is 2.25. The number of nitrogens with zero attached hydrogens (tertiary/aromatic N) is 1. The third-order valence-corrected chi connectivity index (χ3v) is 3.09. The van der Waals surface area contributed by atoms with Crippen LogP contribution >= 0.6 is 11.6 Å². The smallest absolute Gasteiger partial charge is 0.363 e. The second-order valence-electron chi connectivity index (χ2n) is 4.26. The molecule has 0 atom stereocenters. The highest BCUT2D eigenvalue weighted by molar-refractivity contribution is 6.34. The predicted molar refractivity (Wildman–Crippen MR) is 75.5 cm³/mol. The minimum atomic E-state index is -0.519. The van der Waals surface area contributed by atoms with Gasteiger partial charge in [0.2, 0.25) is 5.90 Å². The Balaban J connectivity index is 1.97. The summed E-state index contributed by atoms with van der Waals surface area (Å²) in [4.78, 5) is 16.0. The lowest BCUT2D eigenvalue weighted by Crippen LogP contribution is -2.05. The topological polar surface area (TPSA) is 51.8 Å². The molecule has 4 nitrogen and oxygen atoms in total. The molecule has 2 aromatic rings. The molecule has 0 unspecified atom stereocenters. The summed E-state index contributed by atoms with van der Waals surface area (Å²) < 4.78 is 10.5. The number of cyclic esters (lactones) is 1. The van der Waals surface area contributed by atoms with E-state index in [-0.39, 0.29) is 11.6 Å². The van der Waals surface area contributed by atoms with Gasteiger partial charge in [0.1, 0.15) is 11.5 Å². The first-order valence-corrected chi connectivity index (χ1v) is 6.35. The van der Waals surface area contributed by atoms with E-state index in [1.807, 2.05) is 13.0 Å². The second kappa shape index (κ2) is 4.98. The minimum absolute atomic E-state index is 0.189. The van der Waals surface area contributed by atoms with Gasteiger partial charge in [0.15, 0.2) is 5.70 Å². The maximum absolute atomic E-state index is 11.8. The number of halogens is 1. The van der Waals surface area contributed by atoms with Crippen LogP contribution < -0.4 is 0 Å². The first-order chi connectivity index (χ1) is 9.63. The number of rotatable bonds is 2. The molecule has 0 bridgehead atoms. The van der Waals surface area contributed by atoms with E-state index in [2.05, 4.69) is 4.99 Å². The average molecular weight is 288 g/mol. The fourth-order valence-corrected chi connectivity index (χ4v) is 2.04. The quantitative estimate of drug-likeness (QED) is 0.626. The van der Waals surface area contributed by atoms with Crippen LogP contribution in [0.2, 0.25) is 5.02 Å². The number of carbonyl (C=O) groups is 1. The molecule has 1 aromatic carbocycles. The van der Waals surface area contributed by atoms with Crippen molar-refractivity contribution in [2.75, 3.05) is 0 Å². The molecule has 1 aliphatic heterocycles. The van der Waals surface area contributed by atoms with Crippen molar-refractivity contribution < 1.29 is 13.9 Å². The molecule has 0 spiro atoms. The molecule has 3 rings (SSSR count). The Morgan fingerprint density at radius 2 is 2.00 bits per heavy atom. The van der Waals surface area contributed by atoms with E-state index in [4.69, 9.17) is 20.8 Å². The number of aliphatic imine (C=N–C) groups is 1. The Bertz CT molecular complexity index is 743. The van der Waals surface area contributed by atoms with E-state index in [9.17, 15) is 4.79 Å². The van der Waals surface area contributed by atoms with Crippen molar-refractivity contribution in [2.24, 2.45) is 4.99 Å². The van der Waals surface area contributed by atoms with Gasteiger partial charge in [-0.1, -0.05) is 23.7 Å². The molecule has 0 radical (unpaired) electrons. The van der Waals surface area contributed by atoms with Crippen LogP contribution in [-0.4, -0.2) is 11.9 Å². The predicted octanol–water partition coefficient (Wildman–Crippen LogP) is 3.59. The van der Waals surface area contributed by atoms with Crippen molar-refractivity contribution in [3.8, 4) is 0 Å². The number of hydrogen-bond acceptors (Lipinski definition) is 4. The summed E-state index contributed by atoms with van der Waals surface area (Å²) in [5.74, 6) is 1.00. The highest BCUT2D eigenvalue weighted by atomic mass is 35.5. The lowest BCUT2D eigenvalue weighted by atomic mass is 10.2. The Labute approximate surface area is 120 Å². The molecule has 0 N–H and O–H groups in total. The molecule has 1 aromatic heterocycles. The van der Waals surface area contributed by atoms with Crippen LogP contribution in [0.25, 0.3) is 6.08 Å². The summed E-state index contributed by atoms with van der Waals surface area (Å²) in [6, 6.07) is 10.6. The van der Waals surface area contributed by atoms with E-state index in [0.29, 0.717) is 16.3 Å². The summed E-state index contributed by atoms with van der Waals surface area (Å²) in [5, 5.41) is 0.481. The normalized spacial score (nSPS) is 16.4. The third-order valence-electron chi connectivity index (χ3n) is 2.76. The monoisotopic (exact) mass is 287 g/mol. The SMILES string of the molecule is Cc1ccc(/C=C2/N=C(c3ccccc3Cl)OC2=O)o1. The number of aryl methyl sites for hydroxylation is 1. The van der Waals surface area contributed by atoms with Gasteiger partial charge in [-0.2, -0.15) is 0 Å². The van der Waals surface area contributed by atoms with Gasteiger partial charge in [0, 0.05) is 6.08 Å². The minimum Gasteiger partial charge on any atom is -0.462 e. The first kappa shape index (κ1) is 12.7. The van der Waals surface area contributed by atoms with Crippen LogP contribution in [0, 0.1) is 6.92 Å². The largest absolute Gasteiger partial charge is 0.462 e. The van der Waals surface area contributed by atoms with Gasteiger partial charge in [0.25, 0.3) is 0 Å². The maximum Gasteiger partial charge on any atom is 0.363 e. The van der Waals surface area contributed by atoms with E-state index in [1.165, 1.54) is 0 Å². The molecule has 20 heavy (non-hydrogen) atoms. The van der Waals surface area contributed by atoms with E-state index < -0.39 is 5.97 Å². The van der Waals surface area contributed by atoms with Crippen molar-refractivity contribution in [2.45, 2.75) is 6.92 Å². The van der Waals surface area contributed by atoms with Crippen LogP contribution in [0.5, 0.6) is 0 Å². The summed E-state index contributed by atoms with van der Waals surface area (Å²) in [6.45, 7) is 1.83. The van der Waals surface area contributed by atoms with Crippen LogP contribution in [0.15, 0.2) is 51.5 Å². The lowest BCUT2D eigenvalue weighted by molar-refractivity contribution is -0.129. The van der Waals surface area contributed by atoms with Crippen molar-refractivity contribution in [1.29, 1.82) is 0 Å². The molecule has 5 heteroatoms. The van der Waals surface area contributed by atoms with Crippen LogP contribution in [0.1, 0.15) is 17.1 Å². The first-order valence-electron chi connectivity index (χ1n) is 5.97. The van der Waals surface area contributed by atoms with Crippen molar-refractivity contribution >= 4 is 29.5 Å². The summed E-state index contributed by atoms with van der Waals surface area (Å²) in [6.07, 6.45) is 1.54. The molecule has 0 saturated heterocycles. The summed E-state index contributed by atoms with van der Waals surface area (Å²) in [7, 11) is 0. The molecule has 0 saturated carbocycles. The number of furan rings is 1. The number of carbonyl (C=O) groups excluding carboxylic acids is 1. The Morgan fingerprint density at radius 1 is 1.20 bits per heavy atom. The fraction of sp³-hybridized carbons (Fsp3) is 0.0667. The van der Waals surface area contributed by atoms with Gasteiger partial charge in [0.05, 0.1) is 10.6 Å². The average Bonchev–Trinajstić information content (AvgIpc) is 2.98. The van der Waals surface area contributed by atoms with Crippen molar-refractivity contribution in [3.05, 3.63) is 64.2 Å². The molecular formula is C15H10ClNO3. The highest BCUT2D eigenvalue weighted by Crippen LogP contribution is 2.23. The molecular weight excluding hydrogens is 278 g/mol. The number of esters is 1. The maximum atomic E-state index is 11.8. The van der Waals surface area contributed by atoms with Gasteiger partial charge < -0.3 is 9.15 Å². The lowest BCUT2D eigenvalue weighted by Gasteiger charge is -2.00. The summed E-state index contributed by atoms with van der Waals surface area (Å²) >= 11 is 6.05. The van der Waals surface area contributed by atoms with E-state index in [0.717, 1.165) is 5.76 Å². The molecule has 0 fully saturated rings. The Hall–Kier alpha value is -2.33. The Kier molecular flexibility index (Phi) is 3.16. The molecule has 100 valence electrons. The van der Waals surface area contributed by atoms with Gasteiger partial charge in [-0.3, -0.25) is 0 Å². The zero-order valence-corrected chi connectivity index (χ0v) is 11.3. The van der Waals surface area contributed by atoms with Crippen LogP contribution in [-0.2, 0) is 9.53 Å². The van der Waals surface area contributed by atoms with Gasteiger partial charge in [-0.25, -0.2) is 9.79 Å². The fourth-order valence-electron chi connectivity index (χ4n) is 1.82. The Morgan fingerprint density at radius 3 is 2.70 bits per heavy atom. The number of benzene rings is 1. The van der Waals surface area contributed by atoms with Gasteiger partial charge in [-0.05, 0) is 31.2 Å². The number of hydrogen-bond donors (Lipinski definition) is 0. The van der Waals surface area contributed by atoms with Gasteiger partial charge >= 0.3 is 5.97 Å². The van der Waals surface area contributed by atoms with Crippen molar-refractivity contribution in [3.63, 3.8) is 0 Å². The zero-order valence-electron chi connectivity index (χ0n) is 10.6. The standard InChI is InChI=1S/C15H10ClNO3/c1-9-6-7-10(19-9)8-13-15(18)20-14(17-13)11-4-2-3-5-12(11)16/h2-8H,1H3/b13-8+. The van der Waals surface area contributed by atoms with Crippen molar-refractivity contribution in [1.82, 2.24) is 0 Å². The van der Waals surface area contributed by atoms with Crippen LogP contribution in [0.3, 0.4) is 0 Å². The van der Waals surface area contributed by atoms with Crippen LogP contribution in [0.4, 0.5) is 0 Å². The molecule has 2 heterocycles. The third kappa shape index (κ3) is 2.38. The number of ether oxygens (including phenoxy) is 1. The van der Waals surface area contributed by atoms with E-state index in [1.54, 1.807) is 36.4 Å². The van der Waals surface area contributed by atoms with Gasteiger partial charge in [-0.15, -0.1) is 0 Å². The second-order valence-corrected chi connectivity index (χ2v) is 4.67.